The van der Waals surface area contributed by atoms with E-state index >= 15 is 0 Å². The Bertz CT molecular complexity index is 3840. The van der Waals surface area contributed by atoms with Crippen LogP contribution < -0.4 is 9.80 Å². The average Bonchev–Trinajstić information content (AvgIpc) is 4.03. The molecular weight excluding hydrogens is 825 g/mol. The van der Waals surface area contributed by atoms with E-state index in [1.807, 2.05) is 36.0 Å². The largest absolute Gasteiger partial charge is 0.456 e. The highest BCUT2D eigenvalue weighted by Crippen LogP contribution is 2.62. The first-order chi connectivity index (χ1) is 32.7. The Kier molecular flexibility index (Phi) is 8.10. The molecule has 4 nitrogen and oxygen atoms in total. The maximum Gasteiger partial charge on any atom is 0.137 e. The Morgan fingerprint density at radius 2 is 0.742 bits per heavy atom. The summed E-state index contributed by atoms with van der Waals surface area (Å²) < 4.78 is 12.8. The Hall–Kier alpha value is -8.25. The second kappa shape index (κ2) is 14.4. The molecule has 1 aliphatic carbocycles. The van der Waals surface area contributed by atoms with Crippen LogP contribution in [-0.2, 0) is 5.41 Å². The number of fused-ring (bicyclic) bond motifs is 15. The molecule has 0 amide bonds. The van der Waals surface area contributed by atoms with Crippen LogP contribution in [0.25, 0.3) is 55.0 Å². The molecule has 1 aliphatic heterocycles. The quantitative estimate of drug-likeness (QED) is 0.166. The number of benzene rings is 10. The topological polar surface area (TPSA) is 32.8 Å². The lowest BCUT2D eigenvalue weighted by molar-refractivity contribution is 0.668. The molecule has 0 saturated carbocycles. The van der Waals surface area contributed by atoms with Gasteiger partial charge in [0.2, 0.25) is 0 Å². The van der Waals surface area contributed by atoms with Crippen molar-refractivity contribution in [3.05, 3.63) is 253 Å². The summed E-state index contributed by atoms with van der Waals surface area (Å²) in [4.78, 5) is 7.21. The second-order valence-corrected chi connectivity index (χ2v) is 18.3. The van der Waals surface area contributed by atoms with E-state index in [0.29, 0.717) is 0 Å². The molecule has 2 aliphatic rings. The number of anilines is 6. The molecule has 0 saturated heterocycles. The van der Waals surface area contributed by atoms with Crippen LogP contribution in [-0.4, -0.2) is 0 Å². The molecule has 10 aromatic carbocycles. The number of rotatable bonds is 6. The van der Waals surface area contributed by atoms with Crippen LogP contribution in [0.3, 0.4) is 0 Å². The van der Waals surface area contributed by atoms with Crippen LogP contribution in [0.15, 0.2) is 249 Å². The van der Waals surface area contributed by atoms with E-state index in [9.17, 15) is 0 Å². The number of nitrogens with zero attached hydrogens (tertiary/aromatic N) is 2. The van der Waals surface area contributed by atoms with Gasteiger partial charge in [-0.2, -0.15) is 0 Å². The van der Waals surface area contributed by atoms with Gasteiger partial charge in [-0.1, -0.05) is 139 Å². The van der Waals surface area contributed by atoms with E-state index in [0.717, 1.165) is 78.0 Å². The normalized spacial score (nSPS) is 13.2. The van der Waals surface area contributed by atoms with Crippen molar-refractivity contribution < 1.29 is 8.83 Å². The molecule has 310 valence electrons. The maximum atomic E-state index is 6.40. The maximum absolute atomic E-state index is 6.40. The first-order valence-electron chi connectivity index (χ1n) is 22.4. The first-order valence-corrected chi connectivity index (χ1v) is 23.2. The fraction of sp³-hybridized carbons (Fsp3) is 0.0164. The van der Waals surface area contributed by atoms with Crippen LogP contribution in [0.4, 0.5) is 34.1 Å². The highest BCUT2D eigenvalue weighted by Gasteiger charge is 2.50. The molecule has 12 aromatic rings. The zero-order chi connectivity index (χ0) is 43.3. The average molecular weight is 863 g/mol. The van der Waals surface area contributed by atoms with Crippen molar-refractivity contribution >= 4 is 89.8 Å². The number of para-hydroxylation sites is 3. The van der Waals surface area contributed by atoms with Crippen molar-refractivity contribution in [3.8, 4) is 11.1 Å². The van der Waals surface area contributed by atoms with Gasteiger partial charge in [-0.05, 0) is 130 Å². The fourth-order valence-corrected chi connectivity index (χ4v) is 12.1. The van der Waals surface area contributed by atoms with Gasteiger partial charge in [-0.15, -0.1) is 0 Å². The van der Waals surface area contributed by atoms with Crippen molar-refractivity contribution in [1.29, 1.82) is 0 Å². The monoisotopic (exact) mass is 862 g/mol. The molecule has 0 bridgehead atoms. The summed E-state index contributed by atoms with van der Waals surface area (Å²) in [6.07, 6.45) is 0. The van der Waals surface area contributed by atoms with E-state index in [-0.39, 0.29) is 0 Å². The first kappa shape index (κ1) is 37.2. The van der Waals surface area contributed by atoms with Gasteiger partial charge in [0.05, 0.1) is 5.41 Å². The van der Waals surface area contributed by atoms with E-state index < -0.39 is 5.41 Å². The van der Waals surface area contributed by atoms with Crippen molar-refractivity contribution in [1.82, 2.24) is 0 Å². The van der Waals surface area contributed by atoms with Crippen molar-refractivity contribution in [3.63, 3.8) is 0 Å². The van der Waals surface area contributed by atoms with E-state index in [1.54, 1.807) is 0 Å². The van der Waals surface area contributed by atoms with Gasteiger partial charge in [0.15, 0.2) is 0 Å². The van der Waals surface area contributed by atoms with Crippen molar-refractivity contribution in [2.24, 2.45) is 0 Å². The minimum Gasteiger partial charge on any atom is -0.456 e. The lowest BCUT2D eigenvalue weighted by Crippen LogP contribution is -2.32. The molecule has 0 fully saturated rings. The summed E-state index contributed by atoms with van der Waals surface area (Å²) in [5.41, 5.74) is 17.2. The zero-order valence-electron chi connectivity index (χ0n) is 35.6. The summed E-state index contributed by atoms with van der Waals surface area (Å²) in [6.45, 7) is 0. The fourth-order valence-electron chi connectivity index (χ4n) is 10.9. The predicted molar refractivity (Wildman–Crippen MR) is 272 cm³/mol. The highest BCUT2D eigenvalue weighted by atomic mass is 32.2. The molecule has 66 heavy (non-hydrogen) atoms. The number of hydrogen-bond acceptors (Lipinski definition) is 5. The molecule has 0 atom stereocenters. The van der Waals surface area contributed by atoms with Gasteiger partial charge in [0.1, 0.15) is 22.3 Å². The minimum atomic E-state index is -0.448. The van der Waals surface area contributed by atoms with E-state index in [1.165, 1.54) is 43.2 Å². The molecule has 14 rings (SSSR count). The molecule has 5 heteroatoms. The summed E-state index contributed by atoms with van der Waals surface area (Å²) in [7, 11) is 0. The van der Waals surface area contributed by atoms with Crippen molar-refractivity contribution in [2.75, 3.05) is 9.80 Å². The molecule has 1 spiro atoms. The third-order valence-corrected chi connectivity index (χ3v) is 14.8. The van der Waals surface area contributed by atoms with Gasteiger partial charge in [-0.25, -0.2) is 0 Å². The minimum absolute atomic E-state index is 0.448. The molecular formula is C61H38N2O2S. The Morgan fingerprint density at radius 3 is 1.47 bits per heavy atom. The van der Waals surface area contributed by atoms with Gasteiger partial charge < -0.3 is 18.6 Å². The third kappa shape index (κ3) is 5.41. The Balaban J connectivity index is 0.946. The highest BCUT2D eigenvalue weighted by molar-refractivity contribution is 7.99. The second-order valence-electron chi connectivity index (χ2n) is 17.2. The molecule has 2 aromatic heterocycles. The summed E-state index contributed by atoms with van der Waals surface area (Å²) in [6, 6.07) is 83.3. The predicted octanol–water partition coefficient (Wildman–Crippen LogP) is 17.3. The van der Waals surface area contributed by atoms with Crippen LogP contribution in [0.5, 0.6) is 0 Å². The van der Waals surface area contributed by atoms with Gasteiger partial charge in [-0.3, -0.25) is 0 Å². The van der Waals surface area contributed by atoms with Gasteiger partial charge in [0.25, 0.3) is 0 Å². The zero-order valence-corrected chi connectivity index (χ0v) is 36.4. The summed E-state index contributed by atoms with van der Waals surface area (Å²) in [5.74, 6) is 0. The van der Waals surface area contributed by atoms with Crippen LogP contribution >= 0.6 is 11.8 Å². The lowest BCUT2D eigenvalue weighted by atomic mass is 9.67. The SMILES string of the molecule is c1ccc(N(c2ccc(N(c3ccc4c(c3)Sc3ccccc3C43c4ccccc4-c4ccccc43)c3ccc4oc5ccccc5c4c3)cc2)c2ccc3c(c2)oc2ccccc23)cc1. The van der Waals surface area contributed by atoms with Crippen LogP contribution in [0, 0.1) is 0 Å². The van der Waals surface area contributed by atoms with E-state index in [4.69, 9.17) is 8.83 Å². The van der Waals surface area contributed by atoms with Gasteiger partial charge >= 0.3 is 0 Å². The molecule has 0 radical (unpaired) electrons. The number of hydrogen-bond donors (Lipinski definition) is 0. The van der Waals surface area contributed by atoms with Crippen LogP contribution in [0.2, 0.25) is 0 Å². The molecule has 0 unspecified atom stereocenters. The number of furan rings is 2. The van der Waals surface area contributed by atoms with E-state index in [2.05, 4.69) is 216 Å². The van der Waals surface area contributed by atoms with Crippen LogP contribution in [0.1, 0.15) is 22.3 Å². The van der Waals surface area contributed by atoms with Crippen molar-refractivity contribution in [2.45, 2.75) is 15.2 Å². The van der Waals surface area contributed by atoms with Gasteiger partial charge in [0, 0.05) is 71.5 Å². The smallest absolute Gasteiger partial charge is 0.137 e. The molecule has 0 N–H and O–H groups in total. The lowest BCUT2D eigenvalue weighted by Gasteiger charge is -2.40. The summed E-state index contributed by atoms with van der Waals surface area (Å²) in [5, 5.41) is 4.41. The Morgan fingerprint density at radius 1 is 0.288 bits per heavy atom. The standard InChI is InChI=1S/C61H38N2O2S/c1-2-14-39(15-3-1)62(43-30-33-49-47-18-6-11-23-55(47)65-58(49)37-43)40-26-28-41(29-27-40)63(42-32-35-57-50(36-42)48-19-7-12-24-56(48)64-57)44-31-34-54-60(38-44)66-59-25-13-10-22-53(59)61(54)51-20-8-4-16-45(51)46-17-5-9-21-52(46)61/h1-38H. The molecule has 3 heterocycles. The Labute approximate surface area is 385 Å². The summed E-state index contributed by atoms with van der Waals surface area (Å²) >= 11 is 1.87. The third-order valence-electron chi connectivity index (χ3n) is 13.7.